The highest BCUT2D eigenvalue weighted by molar-refractivity contribution is 4.90. The van der Waals surface area contributed by atoms with Gasteiger partial charge in [-0.2, -0.15) is 0 Å². The van der Waals surface area contributed by atoms with Gasteiger partial charge >= 0.3 is 0 Å². The molecule has 1 N–H and O–H groups in total. The molecular weight excluding hydrogens is 238 g/mol. The summed E-state index contributed by atoms with van der Waals surface area (Å²) in [4.78, 5) is 0. The minimum absolute atomic E-state index is 0.229. The van der Waals surface area contributed by atoms with E-state index in [0.29, 0.717) is 0 Å². The van der Waals surface area contributed by atoms with E-state index in [2.05, 4.69) is 41.6 Å². The van der Waals surface area contributed by atoms with E-state index in [-0.39, 0.29) is 6.04 Å². The molecule has 0 saturated heterocycles. The monoisotopic (exact) mass is 265 g/mol. The number of nitrogens with one attached hydrogen (secondary N) is 1. The summed E-state index contributed by atoms with van der Waals surface area (Å²) in [5.41, 5.74) is 0. The van der Waals surface area contributed by atoms with E-state index in [4.69, 9.17) is 0 Å². The normalized spacial score (nSPS) is 25.4. The Labute approximate surface area is 116 Å². The Bertz CT molecular complexity index is 368. The molecule has 1 aromatic heterocycles. The first-order valence-corrected chi connectivity index (χ1v) is 7.74. The molecule has 1 fully saturated rings. The van der Waals surface area contributed by atoms with Crippen LogP contribution in [0, 0.1) is 11.8 Å². The zero-order valence-corrected chi connectivity index (χ0v) is 12.5. The lowest BCUT2D eigenvalue weighted by Gasteiger charge is -2.28. The lowest BCUT2D eigenvalue weighted by molar-refractivity contribution is 0.237. The fourth-order valence-electron chi connectivity index (χ4n) is 3.12. The lowest BCUT2D eigenvalue weighted by Crippen LogP contribution is -2.25. The van der Waals surface area contributed by atoms with E-state index in [0.717, 1.165) is 30.7 Å². The molecule has 0 aliphatic heterocycles. The predicted octanol–water partition coefficient (Wildman–Crippen LogP) is 2.56. The van der Waals surface area contributed by atoms with Crippen LogP contribution in [0.5, 0.6) is 0 Å². The van der Waals surface area contributed by atoms with Crippen molar-refractivity contribution in [2.24, 2.45) is 11.8 Å². The maximum atomic E-state index is 4.17. The van der Waals surface area contributed by atoms with Gasteiger partial charge in [-0.15, -0.1) is 5.10 Å². The lowest BCUT2D eigenvalue weighted by atomic mass is 9.81. The third-order valence-corrected chi connectivity index (χ3v) is 4.43. The van der Waals surface area contributed by atoms with Crippen molar-refractivity contribution in [3.05, 3.63) is 5.82 Å². The standard InChI is InChI=1S/C14H27N5/c1-4-12-6-8-13(9-7-12)10-19-14(16-17-18-19)11(3)15-5-2/h11-13,15H,4-10H2,1-3H3. The van der Waals surface area contributed by atoms with Crippen LogP contribution in [-0.2, 0) is 6.54 Å². The highest BCUT2D eigenvalue weighted by Crippen LogP contribution is 2.31. The maximum absolute atomic E-state index is 4.17. The molecule has 108 valence electrons. The van der Waals surface area contributed by atoms with Crippen LogP contribution >= 0.6 is 0 Å². The van der Waals surface area contributed by atoms with Crippen LogP contribution in [0.25, 0.3) is 0 Å². The summed E-state index contributed by atoms with van der Waals surface area (Å²) in [6.45, 7) is 8.46. The Kier molecular flexibility index (Phi) is 5.31. The fourth-order valence-corrected chi connectivity index (χ4v) is 3.12. The molecule has 0 aromatic carbocycles. The third-order valence-electron chi connectivity index (χ3n) is 4.43. The van der Waals surface area contributed by atoms with Crippen LogP contribution in [-0.4, -0.2) is 26.8 Å². The molecule has 1 unspecified atom stereocenters. The van der Waals surface area contributed by atoms with Gasteiger partial charge in [0.1, 0.15) is 0 Å². The first kappa shape index (κ1) is 14.4. The molecule has 1 heterocycles. The fraction of sp³-hybridized carbons (Fsp3) is 0.929. The Balaban J connectivity index is 1.91. The van der Waals surface area contributed by atoms with Crippen molar-refractivity contribution in [3.63, 3.8) is 0 Å². The Morgan fingerprint density at radius 3 is 2.53 bits per heavy atom. The highest BCUT2D eigenvalue weighted by Gasteiger charge is 2.22. The van der Waals surface area contributed by atoms with Gasteiger partial charge in [-0.3, -0.25) is 0 Å². The van der Waals surface area contributed by atoms with Crippen molar-refractivity contribution in [2.75, 3.05) is 6.54 Å². The molecule has 1 aliphatic carbocycles. The van der Waals surface area contributed by atoms with Gasteiger partial charge in [0.05, 0.1) is 6.04 Å². The molecule has 1 aromatic rings. The first-order valence-electron chi connectivity index (χ1n) is 7.74. The number of aromatic nitrogens is 4. The molecular formula is C14H27N5. The van der Waals surface area contributed by atoms with E-state index < -0.39 is 0 Å². The molecule has 0 amide bonds. The largest absolute Gasteiger partial charge is 0.308 e. The minimum Gasteiger partial charge on any atom is -0.308 e. The zero-order chi connectivity index (χ0) is 13.7. The summed E-state index contributed by atoms with van der Waals surface area (Å²) in [6.07, 6.45) is 6.74. The van der Waals surface area contributed by atoms with Crippen molar-refractivity contribution in [3.8, 4) is 0 Å². The van der Waals surface area contributed by atoms with E-state index >= 15 is 0 Å². The summed E-state index contributed by atoms with van der Waals surface area (Å²) in [5, 5.41) is 15.6. The third kappa shape index (κ3) is 3.75. The molecule has 5 heteroatoms. The average Bonchev–Trinajstić information content (AvgIpc) is 2.88. The molecule has 1 saturated carbocycles. The maximum Gasteiger partial charge on any atom is 0.167 e. The van der Waals surface area contributed by atoms with Gasteiger partial charge in [0.25, 0.3) is 0 Å². The second kappa shape index (κ2) is 6.98. The zero-order valence-electron chi connectivity index (χ0n) is 12.5. The van der Waals surface area contributed by atoms with Crippen molar-refractivity contribution in [1.82, 2.24) is 25.5 Å². The van der Waals surface area contributed by atoms with Gasteiger partial charge in [0.15, 0.2) is 5.82 Å². The Morgan fingerprint density at radius 1 is 1.21 bits per heavy atom. The van der Waals surface area contributed by atoms with Crippen molar-refractivity contribution in [2.45, 2.75) is 65.5 Å². The van der Waals surface area contributed by atoms with Gasteiger partial charge in [0, 0.05) is 6.54 Å². The molecule has 19 heavy (non-hydrogen) atoms. The SMILES string of the molecule is CCNC(C)c1nnnn1CC1CCC(CC)CC1. The number of nitrogens with zero attached hydrogens (tertiary/aromatic N) is 4. The Hall–Kier alpha value is -0.970. The molecule has 0 spiro atoms. The highest BCUT2D eigenvalue weighted by atomic mass is 15.5. The number of tetrazole rings is 1. The molecule has 1 aliphatic rings. The van der Waals surface area contributed by atoms with Gasteiger partial charge in [0.2, 0.25) is 0 Å². The van der Waals surface area contributed by atoms with Crippen molar-refractivity contribution in [1.29, 1.82) is 0 Å². The minimum atomic E-state index is 0.229. The molecule has 1 atom stereocenters. The van der Waals surface area contributed by atoms with Crippen LogP contribution in [0.1, 0.15) is 64.7 Å². The van der Waals surface area contributed by atoms with Crippen LogP contribution in [0.15, 0.2) is 0 Å². The predicted molar refractivity (Wildman–Crippen MR) is 75.6 cm³/mol. The first-order chi connectivity index (χ1) is 9.24. The molecule has 5 nitrogen and oxygen atoms in total. The molecule has 2 rings (SSSR count). The summed E-state index contributed by atoms with van der Waals surface area (Å²) in [6, 6.07) is 0.229. The van der Waals surface area contributed by atoms with E-state index in [9.17, 15) is 0 Å². The topological polar surface area (TPSA) is 55.6 Å². The summed E-state index contributed by atoms with van der Waals surface area (Å²) < 4.78 is 2.00. The van der Waals surface area contributed by atoms with Gasteiger partial charge in [-0.05, 0) is 48.6 Å². The second-order valence-electron chi connectivity index (χ2n) is 5.79. The smallest absolute Gasteiger partial charge is 0.167 e. The Morgan fingerprint density at radius 2 is 1.89 bits per heavy atom. The van der Waals surface area contributed by atoms with Crippen LogP contribution in [0.4, 0.5) is 0 Å². The van der Waals surface area contributed by atoms with Crippen LogP contribution < -0.4 is 5.32 Å². The van der Waals surface area contributed by atoms with Gasteiger partial charge in [-0.25, -0.2) is 4.68 Å². The molecule has 0 bridgehead atoms. The van der Waals surface area contributed by atoms with Gasteiger partial charge < -0.3 is 5.32 Å². The summed E-state index contributed by atoms with van der Waals surface area (Å²) in [7, 11) is 0. The van der Waals surface area contributed by atoms with Crippen LogP contribution in [0.2, 0.25) is 0 Å². The van der Waals surface area contributed by atoms with Crippen LogP contribution in [0.3, 0.4) is 0 Å². The van der Waals surface area contributed by atoms with Gasteiger partial charge in [-0.1, -0.05) is 33.1 Å². The van der Waals surface area contributed by atoms with E-state index in [1.54, 1.807) is 0 Å². The van der Waals surface area contributed by atoms with E-state index in [1.807, 2.05) is 4.68 Å². The van der Waals surface area contributed by atoms with Crippen molar-refractivity contribution >= 4 is 0 Å². The summed E-state index contributed by atoms with van der Waals surface area (Å²) >= 11 is 0. The quantitative estimate of drug-likeness (QED) is 0.859. The second-order valence-corrected chi connectivity index (χ2v) is 5.79. The van der Waals surface area contributed by atoms with Crippen molar-refractivity contribution < 1.29 is 0 Å². The van der Waals surface area contributed by atoms with E-state index in [1.165, 1.54) is 32.1 Å². The number of hydrogen-bond donors (Lipinski definition) is 1. The molecule has 0 radical (unpaired) electrons. The summed E-state index contributed by atoms with van der Waals surface area (Å²) in [5.74, 6) is 2.67. The number of rotatable bonds is 6. The number of hydrogen-bond acceptors (Lipinski definition) is 4. The average molecular weight is 265 g/mol.